The van der Waals surface area contributed by atoms with Crippen LogP contribution in [0, 0.1) is 0 Å². The zero-order chi connectivity index (χ0) is 25.1. The zero-order valence-electron chi connectivity index (χ0n) is 21.7. The molecule has 0 aliphatic heterocycles. The molecular formula is C29H35N7. The van der Waals surface area contributed by atoms with Gasteiger partial charge in [0, 0.05) is 0 Å². The largest absolute Gasteiger partial charge is 0.309 e. The monoisotopic (exact) mass is 481 g/mol. The molecule has 0 saturated heterocycles. The summed E-state index contributed by atoms with van der Waals surface area (Å²) < 4.78 is 4.57. The summed E-state index contributed by atoms with van der Waals surface area (Å²) in [5.41, 5.74) is 5.94. The number of para-hydroxylation sites is 4. The van der Waals surface area contributed by atoms with Gasteiger partial charge in [0.15, 0.2) is 11.6 Å². The fraction of sp³-hybridized carbons (Fsp3) is 0.345. The third-order valence-electron chi connectivity index (χ3n) is 6.99. The molecule has 0 bridgehead atoms. The Morgan fingerprint density at radius 1 is 0.528 bits per heavy atom. The Hall–Kier alpha value is -3.55. The van der Waals surface area contributed by atoms with Crippen LogP contribution in [0.1, 0.15) is 27.7 Å². The molecule has 0 aliphatic carbocycles. The second kappa shape index (κ2) is 10.6. The van der Waals surface area contributed by atoms with Crippen LogP contribution in [0.4, 0.5) is 0 Å². The van der Waals surface area contributed by atoms with Crippen molar-refractivity contribution in [2.24, 2.45) is 0 Å². The Balaban J connectivity index is 1.64. The number of aromatic nitrogens is 5. The van der Waals surface area contributed by atoms with E-state index in [-0.39, 0.29) is 0 Å². The van der Waals surface area contributed by atoms with E-state index in [1.54, 1.807) is 0 Å². The van der Waals surface area contributed by atoms with Crippen LogP contribution in [-0.2, 0) is 13.3 Å². The molecule has 0 fully saturated rings. The molecule has 0 radical (unpaired) electrons. The SMILES string of the molecule is CCN(CC)Cn1c(-c2cccc(-c3nc4ccccc4n3CN(CC)CC)n2)nc2ccccc21. The van der Waals surface area contributed by atoms with Crippen LogP contribution < -0.4 is 0 Å². The van der Waals surface area contributed by atoms with Crippen molar-refractivity contribution in [3.63, 3.8) is 0 Å². The third kappa shape index (κ3) is 4.52. The average molecular weight is 482 g/mol. The van der Waals surface area contributed by atoms with Gasteiger partial charge in [-0.25, -0.2) is 15.0 Å². The summed E-state index contributed by atoms with van der Waals surface area (Å²) in [5.74, 6) is 1.77. The van der Waals surface area contributed by atoms with Crippen LogP contribution in [0.3, 0.4) is 0 Å². The molecule has 7 heteroatoms. The van der Waals surface area contributed by atoms with E-state index in [9.17, 15) is 0 Å². The van der Waals surface area contributed by atoms with Gasteiger partial charge in [-0.05, 0) is 62.6 Å². The van der Waals surface area contributed by atoms with E-state index in [1.807, 2.05) is 12.1 Å². The molecule has 0 unspecified atom stereocenters. The van der Waals surface area contributed by atoms with E-state index in [0.717, 1.165) is 84.6 Å². The number of rotatable bonds is 10. The van der Waals surface area contributed by atoms with Crippen molar-refractivity contribution in [2.45, 2.75) is 41.0 Å². The summed E-state index contributed by atoms with van der Waals surface area (Å²) in [6, 6.07) is 22.8. The highest BCUT2D eigenvalue weighted by Crippen LogP contribution is 2.28. The first-order chi connectivity index (χ1) is 17.7. The minimum atomic E-state index is 0.773. The van der Waals surface area contributed by atoms with Gasteiger partial charge in [0.05, 0.1) is 35.4 Å². The van der Waals surface area contributed by atoms with Gasteiger partial charge in [0.25, 0.3) is 0 Å². The second-order valence-electron chi connectivity index (χ2n) is 9.00. The fourth-order valence-corrected chi connectivity index (χ4v) is 4.76. The van der Waals surface area contributed by atoms with Gasteiger partial charge in [0.2, 0.25) is 0 Å². The van der Waals surface area contributed by atoms with Crippen LogP contribution in [0.2, 0.25) is 0 Å². The van der Waals surface area contributed by atoms with E-state index in [0.29, 0.717) is 0 Å². The van der Waals surface area contributed by atoms with E-state index in [2.05, 4.69) is 101 Å². The first-order valence-electron chi connectivity index (χ1n) is 13.0. The zero-order valence-corrected chi connectivity index (χ0v) is 21.7. The minimum Gasteiger partial charge on any atom is -0.309 e. The van der Waals surface area contributed by atoms with Gasteiger partial charge < -0.3 is 9.13 Å². The normalized spacial score (nSPS) is 11.9. The maximum absolute atomic E-state index is 5.14. The van der Waals surface area contributed by atoms with Gasteiger partial charge in [-0.3, -0.25) is 9.80 Å². The molecule has 0 atom stereocenters. The Morgan fingerprint density at radius 2 is 0.944 bits per heavy atom. The van der Waals surface area contributed by atoms with Crippen molar-refractivity contribution in [3.05, 3.63) is 66.7 Å². The van der Waals surface area contributed by atoms with Crippen molar-refractivity contribution < 1.29 is 0 Å². The predicted octanol–water partition coefficient (Wildman–Crippen LogP) is 5.71. The van der Waals surface area contributed by atoms with Crippen molar-refractivity contribution in [1.82, 2.24) is 33.9 Å². The number of imidazole rings is 2. The molecule has 0 spiro atoms. The molecule has 5 rings (SSSR count). The highest BCUT2D eigenvalue weighted by Gasteiger charge is 2.19. The maximum Gasteiger partial charge on any atom is 0.160 e. The Morgan fingerprint density at radius 3 is 1.36 bits per heavy atom. The van der Waals surface area contributed by atoms with Crippen LogP contribution in [0.5, 0.6) is 0 Å². The van der Waals surface area contributed by atoms with E-state index >= 15 is 0 Å². The maximum atomic E-state index is 5.14. The van der Waals surface area contributed by atoms with Crippen molar-refractivity contribution in [3.8, 4) is 23.0 Å². The number of benzene rings is 2. The number of nitrogens with zero attached hydrogens (tertiary/aromatic N) is 7. The minimum absolute atomic E-state index is 0.773. The molecule has 2 aromatic carbocycles. The Kier molecular flexibility index (Phi) is 7.11. The summed E-state index contributed by atoms with van der Waals surface area (Å²) in [7, 11) is 0. The van der Waals surface area contributed by atoms with E-state index in [1.165, 1.54) is 0 Å². The number of fused-ring (bicyclic) bond motifs is 2. The molecule has 0 aliphatic rings. The molecule has 7 nitrogen and oxygen atoms in total. The van der Waals surface area contributed by atoms with Gasteiger partial charge in [-0.15, -0.1) is 0 Å². The quantitative estimate of drug-likeness (QED) is 0.256. The van der Waals surface area contributed by atoms with Gasteiger partial charge in [-0.1, -0.05) is 58.0 Å². The molecular weight excluding hydrogens is 446 g/mol. The highest BCUT2D eigenvalue weighted by atomic mass is 15.3. The average Bonchev–Trinajstić information content (AvgIpc) is 3.48. The summed E-state index contributed by atoms with van der Waals surface area (Å²) in [6.45, 7) is 14.2. The van der Waals surface area contributed by atoms with Crippen LogP contribution in [0.25, 0.3) is 45.1 Å². The van der Waals surface area contributed by atoms with Gasteiger partial charge in [-0.2, -0.15) is 0 Å². The van der Waals surface area contributed by atoms with Crippen molar-refractivity contribution >= 4 is 22.1 Å². The smallest absolute Gasteiger partial charge is 0.160 e. The topological polar surface area (TPSA) is 55.0 Å². The molecule has 3 heterocycles. The van der Waals surface area contributed by atoms with Crippen molar-refractivity contribution in [1.29, 1.82) is 0 Å². The molecule has 186 valence electrons. The Labute approximate surface area is 213 Å². The van der Waals surface area contributed by atoms with E-state index < -0.39 is 0 Å². The summed E-state index contributed by atoms with van der Waals surface area (Å²) in [6.07, 6.45) is 0. The third-order valence-corrected chi connectivity index (χ3v) is 6.99. The first kappa shape index (κ1) is 24.2. The lowest BCUT2D eigenvalue weighted by Gasteiger charge is -2.21. The molecule has 36 heavy (non-hydrogen) atoms. The molecule has 0 N–H and O–H groups in total. The molecule has 5 aromatic rings. The second-order valence-corrected chi connectivity index (χ2v) is 9.00. The lowest BCUT2D eigenvalue weighted by molar-refractivity contribution is 0.246. The lowest BCUT2D eigenvalue weighted by atomic mass is 10.2. The standard InChI is InChI=1S/C29H35N7/c1-5-33(6-2)20-35-26-18-11-9-14-22(26)31-28(35)24-16-13-17-25(30-24)29-32-23-15-10-12-19-27(23)36(29)21-34(7-3)8-4/h9-19H,5-8,20-21H2,1-4H3. The summed E-state index contributed by atoms with van der Waals surface area (Å²) in [5, 5.41) is 0. The Bertz CT molecular complexity index is 1350. The highest BCUT2D eigenvalue weighted by molar-refractivity contribution is 5.82. The molecule has 3 aromatic heterocycles. The molecule has 0 amide bonds. The number of pyridine rings is 1. The van der Waals surface area contributed by atoms with Crippen molar-refractivity contribution in [2.75, 3.05) is 26.2 Å². The van der Waals surface area contributed by atoms with E-state index in [4.69, 9.17) is 15.0 Å². The van der Waals surface area contributed by atoms with Crippen LogP contribution in [-0.4, -0.2) is 60.1 Å². The number of hydrogen-bond donors (Lipinski definition) is 0. The predicted molar refractivity (Wildman–Crippen MR) is 148 cm³/mol. The fourth-order valence-electron chi connectivity index (χ4n) is 4.76. The first-order valence-corrected chi connectivity index (χ1v) is 13.0. The number of hydrogen-bond acceptors (Lipinski definition) is 5. The van der Waals surface area contributed by atoms with Crippen LogP contribution >= 0.6 is 0 Å². The molecule has 0 saturated carbocycles. The van der Waals surface area contributed by atoms with Gasteiger partial charge in [0.1, 0.15) is 11.4 Å². The van der Waals surface area contributed by atoms with Gasteiger partial charge >= 0.3 is 0 Å². The summed E-state index contributed by atoms with van der Waals surface area (Å²) >= 11 is 0. The summed E-state index contributed by atoms with van der Waals surface area (Å²) in [4.78, 5) is 20.0. The lowest BCUT2D eigenvalue weighted by Crippen LogP contribution is -2.26. The van der Waals surface area contributed by atoms with Crippen LogP contribution in [0.15, 0.2) is 66.7 Å².